The normalized spacial score (nSPS) is 16.5. The number of rotatable bonds is 16. The van der Waals surface area contributed by atoms with Gasteiger partial charge in [0.05, 0.1) is 11.4 Å². The lowest BCUT2D eigenvalue weighted by Gasteiger charge is -2.24. The highest BCUT2D eigenvalue weighted by Crippen LogP contribution is 2.30. The largest absolute Gasteiger partial charge is 0.381 e. The first-order valence-corrected chi connectivity index (χ1v) is 21.6. The van der Waals surface area contributed by atoms with Crippen LogP contribution in [0.15, 0.2) is 224 Å². The lowest BCUT2D eigenvalue weighted by molar-refractivity contribution is 0.775. The van der Waals surface area contributed by atoms with Crippen LogP contribution >= 0.6 is 0 Å². The third-order valence-corrected chi connectivity index (χ3v) is 11.1. The number of hydrazine groups is 1. The molecular weight excluding hydrogens is 727 g/mol. The quantitative estimate of drug-likeness (QED) is 0.0770. The Labute approximate surface area is 360 Å². The van der Waals surface area contributed by atoms with Crippen molar-refractivity contribution in [3.63, 3.8) is 0 Å². The minimum Gasteiger partial charge on any atom is -0.381 e. The molecule has 0 spiro atoms. The second-order valence-electron chi connectivity index (χ2n) is 15.0. The molecule has 2 atom stereocenters. The van der Waals surface area contributed by atoms with Crippen LogP contribution < -0.4 is 15.8 Å². The van der Waals surface area contributed by atoms with E-state index in [1.165, 1.54) is 44.5 Å². The van der Waals surface area contributed by atoms with Gasteiger partial charge < -0.3 is 5.32 Å². The van der Waals surface area contributed by atoms with Crippen molar-refractivity contribution in [2.24, 2.45) is 5.92 Å². The minimum atomic E-state index is 0.400. The first-order chi connectivity index (χ1) is 29.6. The van der Waals surface area contributed by atoms with Gasteiger partial charge in [-0.25, -0.2) is 0 Å². The van der Waals surface area contributed by atoms with Gasteiger partial charge in [-0.15, -0.1) is 0 Å². The van der Waals surface area contributed by atoms with Crippen molar-refractivity contribution in [2.75, 3.05) is 12.1 Å². The number of benzene rings is 5. The summed E-state index contributed by atoms with van der Waals surface area (Å²) in [5.41, 5.74) is 18.3. The summed E-state index contributed by atoms with van der Waals surface area (Å²) in [4.78, 5) is 0. The first-order valence-electron chi connectivity index (χ1n) is 21.6. The van der Waals surface area contributed by atoms with E-state index in [9.17, 15) is 0 Å². The molecule has 2 aliphatic carbocycles. The Kier molecular flexibility index (Phi) is 16.2. The summed E-state index contributed by atoms with van der Waals surface area (Å²) in [7, 11) is 2.07. The average molecular weight is 788 g/mol. The van der Waals surface area contributed by atoms with Crippen LogP contribution in [0, 0.1) is 5.92 Å². The Morgan fingerprint density at radius 3 is 1.72 bits per heavy atom. The van der Waals surface area contributed by atoms with Crippen molar-refractivity contribution < 1.29 is 0 Å². The zero-order valence-electron chi connectivity index (χ0n) is 35.9. The van der Waals surface area contributed by atoms with Crippen molar-refractivity contribution in [3.8, 4) is 11.1 Å². The Balaban J connectivity index is 0.00000297. The summed E-state index contributed by atoms with van der Waals surface area (Å²) in [6.45, 7) is 10.9. The molecule has 0 amide bonds. The zero-order chi connectivity index (χ0) is 41.9. The van der Waals surface area contributed by atoms with Crippen molar-refractivity contribution >= 4 is 17.1 Å². The van der Waals surface area contributed by atoms with E-state index >= 15 is 0 Å². The molecule has 60 heavy (non-hydrogen) atoms. The Hall–Kier alpha value is -6.58. The van der Waals surface area contributed by atoms with E-state index in [2.05, 4.69) is 224 Å². The van der Waals surface area contributed by atoms with Gasteiger partial charge in [-0.3, -0.25) is 10.4 Å². The molecule has 7 rings (SSSR count). The maximum atomic E-state index is 4.00. The molecule has 0 bridgehead atoms. The van der Waals surface area contributed by atoms with Crippen molar-refractivity contribution in [1.29, 1.82) is 0 Å². The molecule has 0 saturated carbocycles. The number of para-hydroxylation sites is 1. The van der Waals surface area contributed by atoms with Gasteiger partial charge in [0.15, 0.2) is 0 Å². The zero-order valence-corrected chi connectivity index (χ0v) is 35.9. The summed E-state index contributed by atoms with van der Waals surface area (Å²) in [5.74, 6) is 0.845. The third kappa shape index (κ3) is 12.0. The summed E-state index contributed by atoms with van der Waals surface area (Å²) in [5, 5.41) is 5.84. The van der Waals surface area contributed by atoms with E-state index in [1.807, 2.05) is 26.0 Å². The molecule has 2 N–H and O–H groups in total. The van der Waals surface area contributed by atoms with E-state index in [1.54, 1.807) is 0 Å². The molecule has 0 saturated heterocycles. The van der Waals surface area contributed by atoms with Gasteiger partial charge in [-0.1, -0.05) is 209 Å². The SMILES string of the molecule is C=C/C(=C\C)C1C=CC(C/C=C(\NN(C)c2ccccc2)c2ccc(-c3ccc(/C(=C/CC4=CCC(c5ccccc5)C=C4)NCc4ccccc4)cc3)cc2)=CC1.CC. The van der Waals surface area contributed by atoms with Crippen molar-refractivity contribution in [1.82, 2.24) is 10.7 Å². The van der Waals surface area contributed by atoms with Crippen LogP contribution in [0.1, 0.15) is 74.6 Å². The number of nitrogens with zero attached hydrogens (tertiary/aromatic N) is 1. The van der Waals surface area contributed by atoms with Crippen LogP contribution in [-0.2, 0) is 6.54 Å². The average Bonchev–Trinajstić information content (AvgIpc) is 3.33. The van der Waals surface area contributed by atoms with Crippen molar-refractivity contribution in [2.45, 2.75) is 58.9 Å². The van der Waals surface area contributed by atoms with Crippen LogP contribution in [0.2, 0.25) is 0 Å². The minimum absolute atomic E-state index is 0.400. The lowest BCUT2D eigenvalue weighted by Crippen LogP contribution is -2.32. The van der Waals surface area contributed by atoms with Gasteiger partial charge in [-0.2, -0.15) is 0 Å². The van der Waals surface area contributed by atoms with Gasteiger partial charge in [0.25, 0.3) is 0 Å². The molecule has 0 aliphatic heterocycles. The molecule has 0 radical (unpaired) electrons. The van der Waals surface area contributed by atoms with E-state index < -0.39 is 0 Å². The monoisotopic (exact) mass is 787 g/mol. The molecule has 0 aromatic heterocycles. The van der Waals surface area contributed by atoms with E-state index in [0.29, 0.717) is 11.8 Å². The van der Waals surface area contributed by atoms with Crippen LogP contribution in [0.5, 0.6) is 0 Å². The lowest BCUT2D eigenvalue weighted by atomic mass is 9.89. The fourth-order valence-corrected chi connectivity index (χ4v) is 7.64. The summed E-state index contributed by atoms with van der Waals surface area (Å²) in [6, 6.07) is 49.7. The molecule has 2 aliphatic rings. The third-order valence-electron chi connectivity index (χ3n) is 11.1. The Bertz CT molecular complexity index is 2320. The van der Waals surface area contributed by atoms with Gasteiger partial charge in [0.1, 0.15) is 0 Å². The molecule has 5 aromatic carbocycles. The van der Waals surface area contributed by atoms with E-state index in [4.69, 9.17) is 0 Å². The standard InChI is InChI=1S/C55H55N3.C2H6/c1-4-45(5-2)47-27-21-43(22-28-47)26-40-55(57-58(3)53-19-13-8-14-20-53)52-37-33-50(34-38-52)49-31-35-51(36-32-49)54(56-41-44-15-9-6-10-16-44)39-25-42-23-29-48(30-24-42)46-17-11-7-12-18-46;1-2/h4-24,27,29,31-40,47-48,56-57H,1,25-26,28,30,41H2,2-3H3;1-2H3/b45-5+,54-39-,55-40-;. The molecule has 0 fully saturated rings. The maximum absolute atomic E-state index is 4.00. The van der Waals surface area contributed by atoms with E-state index in [0.717, 1.165) is 54.9 Å². The van der Waals surface area contributed by atoms with Gasteiger partial charge in [-0.05, 0) is 94.8 Å². The van der Waals surface area contributed by atoms with Crippen molar-refractivity contribution in [3.05, 3.63) is 246 Å². The summed E-state index contributed by atoms with van der Waals surface area (Å²) < 4.78 is 0. The number of nitrogens with one attached hydrogen (secondary N) is 2. The highest BCUT2D eigenvalue weighted by molar-refractivity contribution is 5.73. The second kappa shape index (κ2) is 22.5. The van der Waals surface area contributed by atoms with Crippen LogP contribution in [0.4, 0.5) is 5.69 Å². The smallest absolute Gasteiger partial charge is 0.0577 e. The fourth-order valence-electron chi connectivity index (χ4n) is 7.64. The molecule has 3 heteroatoms. The van der Waals surface area contributed by atoms with Gasteiger partial charge in [0.2, 0.25) is 0 Å². The molecule has 5 aromatic rings. The fraction of sp³-hybridized carbons (Fsp3) is 0.193. The predicted octanol–water partition coefficient (Wildman–Crippen LogP) is 14.6. The van der Waals surface area contributed by atoms with Crippen LogP contribution in [0.3, 0.4) is 0 Å². The van der Waals surface area contributed by atoms with E-state index in [-0.39, 0.29) is 0 Å². The molecule has 304 valence electrons. The molecule has 0 heterocycles. The second-order valence-corrected chi connectivity index (χ2v) is 15.0. The Morgan fingerprint density at radius 1 is 0.650 bits per heavy atom. The van der Waals surface area contributed by atoms with Gasteiger partial charge in [0, 0.05) is 31.1 Å². The first kappa shape index (κ1) is 43.0. The summed E-state index contributed by atoms with van der Waals surface area (Å²) >= 11 is 0. The number of hydrogen-bond acceptors (Lipinski definition) is 3. The highest BCUT2D eigenvalue weighted by atomic mass is 15.5. The highest BCUT2D eigenvalue weighted by Gasteiger charge is 2.14. The number of anilines is 1. The Morgan fingerprint density at radius 2 is 1.18 bits per heavy atom. The van der Waals surface area contributed by atoms with Gasteiger partial charge >= 0.3 is 0 Å². The van der Waals surface area contributed by atoms with Crippen LogP contribution in [0.25, 0.3) is 22.5 Å². The molecular formula is C57H61N3. The summed E-state index contributed by atoms with van der Waals surface area (Å²) in [6.07, 6.45) is 26.5. The number of hydrogen-bond donors (Lipinski definition) is 2. The predicted molar refractivity (Wildman–Crippen MR) is 260 cm³/mol. The molecule has 3 nitrogen and oxygen atoms in total. The maximum Gasteiger partial charge on any atom is 0.0577 e. The van der Waals surface area contributed by atoms with Crippen LogP contribution in [-0.4, -0.2) is 7.05 Å². The molecule has 2 unspecified atom stereocenters. The number of allylic oxidation sites excluding steroid dienone is 13. The topological polar surface area (TPSA) is 27.3 Å².